The lowest BCUT2D eigenvalue weighted by Crippen LogP contribution is -2.29. The van der Waals surface area contributed by atoms with Crippen molar-refractivity contribution in [2.45, 2.75) is 18.6 Å². The van der Waals surface area contributed by atoms with Gasteiger partial charge in [-0.25, -0.2) is 0 Å². The van der Waals surface area contributed by atoms with E-state index in [4.69, 9.17) is 23.8 Å². The molecule has 126 valence electrons. The van der Waals surface area contributed by atoms with E-state index >= 15 is 0 Å². The van der Waals surface area contributed by atoms with Crippen LogP contribution < -0.4 is 5.32 Å². The highest BCUT2D eigenvalue weighted by atomic mass is 35.5. The summed E-state index contributed by atoms with van der Waals surface area (Å²) in [5.74, 6) is 0. The van der Waals surface area contributed by atoms with Crippen molar-refractivity contribution in [2.75, 3.05) is 0 Å². The van der Waals surface area contributed by atoms with Crippen molar-refractivity contribution in [3.63, 3.8) is 0 Å². The Bertz CT molecular complexity index is 869. The molecule has 1 N–H and O–H groups in total. The number of hydrogen-bond donors (Lipinski definition) is 1. The van der Waals surface area contributed by atoms with Gasteiger partial charge in [-0.3, -0.25) is 9.97 Å². The van der Waals surface area contributed by atoms with Crippen molar-refractivity contribution in [3.05, 3.63) is 81.5 Å². The molecular weight excluding hydrogens is 372 g/mol. The monoisotopic (exact) mass is 386 g/mol. The minimum atomic E-state index is -0.0212. The molecule has 1 saturated heterocycles. The van der Waals surface area contributed by atoms with Crippen LogP contribution in [-0.2, 0) is 6.54 Å². The molecule has 0 unspecified atom stereocenters. The van der Waals surface area contributed by atoms with Crippen molar-refractivity contribution in [2.24, 2.45) is 0 Å². The number of thiophene rings is 1. The highest BCUT2D eigenvalue weighted by Crippen LogP contribution is 2.42. The second-order valence-corrected chi connectivity index (χ2v) is 7.85. The largest absolute Gasteiger partial charge is 0.352 e. The van der Waals surface area contributed by atoms with Gasteiger partial charge in [0.25, 0.3) is 0 Å². The molecule has 0 spiro atoms. The summed E-state index contributed by atoms with van der Waals surface area (Å²) in [6.45, 7) is 0.635. The molecule has 0 radical (unpaired) electrons. The maximum atomic E-state index is 6.20. The third kappa shape index (κ3) is 3.38. The summed E-state index contributed by atoms with van der Waals surface area (Å²) in [5.41, 5.74) is 1.93. The van der Waals surface area contributed by atoms with Gasteiger partial charge in [0, 0.05) is 17.3 Å². The lowest BCUT2D eigenvalue weighted by atomic mass is 10.0. The number of thiocarbonyl (C=S) groups is 1. The second-order valence-electron chi connectivity index (χ2n) is 5.72. The van der Waals surface area contributed by atoms with Gasteiger partial charge in [0.05, 0.1) is 34.4 Å². The SMILES string of the molecule is S=C1N[C@H](c2ccccn2)[C@@H](c2ccc(Cl)s2)N1Cc1ccccn1. The van der Waals surface area contributed by atoms with E-state index in [9.17, 15) is 0 Å². The molecule has 0 saturated carbocycles. The Hall–Kier alpha value is -2.02. The summed E-state index contributed by atoms with van der Waals surface area (Å²) < 4.78 is 0.769. The van der Waals surface area contributed by atoms with E-state index in [0.717, 1.165) is 20.6 Å². The van der Waals surface area contributed by atoms with Gasteiger partial charge in [-0.2, -0.15) is 0 Å². The molecule has 0 bridgehead atoms. The van der Waals surface area contributed by atoms with E-state index in [0.29, 0.717) is 11.7 Å². The molecule has 2 atom stereocenters. The number of nitrogens with one attached hydrogen (secondary N) is 1. The van der Waals surface area contributed by atoms with Crippen LogP contribution in [-0.4, -0.2) is 20.0 Å². The number of hydrogen-bond acceptors (Lipinski definition) is 4. The van der Waals surface area contributed by atoms with Crippen LogP contribution >= 0.6 is 35.2 Å². The topological polar surface area (TPSA) is 41.1 Å². The zero-order chi connectivity index (χ0) is 17.2. The molecule has 25 heavy (non-hydrogen) atoms. The van der Waals surface area contributed by atoms with Crippen LogP contribution in [0.2, 0.25) is 4.34 Å². The van der Waals surface area contributed by atoms with E-state index < -0.39 is 0 Å². The number of aromatic nitrogens is 2. The van der Waals surface area contributed by atoms with Crippen molar-refractivity contribution >= 4 is 40.3 Å². The number of nitrogens with zero attached hydrogens (tertiary/aromatic N) is 3. The van der Waals surface area contributed by atoms with Gasteiger partial charge in [-0.1, -0.05) is 23.7 Å². The van der Waals surface area contributed by atoms with E-state index in [2.05, 4.69) is 26.3 Å². The van der Waals surface area contributed by atoms with Crippen molar-refractivity contribution in [1.29, 1.82) is 0 Å². The third-order valence-corrected chi connectivity index (χ3v) is 5.80. The first-order valence-electron chi connectivity index (χ1n) is 7.85. The lowest BCUT2D eigenvalue weighted by molar-refractivity contribution is 0.312. The average Bonchev–Trinajstić information content (AvgIpc) is 3.20. The van der Waals surface area contributed by atoms with Gasteiger partial charge in [0.2, 0.25) is 0 Å². The minimum Gasteiger partial charge on any atom is -0.352 e. The van der Waals surface area contributed by atoms with Gasteiger partial charge in [-0.15, -0.1) is 11.3 Å². The fourth-order valence-corrected chi connectivity index (χ4v) is 4.55. The average molecular weight is 387 g/mol. The van der Waals surface area contributed by atoms with Crippen LogP contribution in [0.4, 0.5) is 0 Å². The summed E-state index contributed by atoms with van der Waals surface area (Å²) in [6.07, 6.45) is 3.61. The predicted octanol–water partition coefficient (Wildman–Crippen LogP) is 4.36. The maximum absolute atomic E-state index is 6.20. The zero-order valence-electron chi connectivity index (χ0n) is 13.2. The van der Waals surface area contributed by atoms with Crippen molar-refractivity contribution in [3.8, 4) is 0 Å². The lowest BCUT2D eigenvalue weighted by Gasteiger charge is -2.26. The summed E-state index contributed by atoms with van der Waals surface area (Å²) >= 11 is 13.4. The molecule has 4 heterocycles. The summed E-state index contributed by atoms with van der Waals surface area (Å²) in [5, 5.41) is 4.13. The van der Waals surface area contributed by atoms with Gasteiger partial charge < -0.3 is 10.2 Å². The Morgan fingerprint density at radius 2 is 1.88 bits per heavy atom. The predicted molar refractivity (Wildman–Crippen MR) is 105 cm³/mol. The van der Waals surface area contributed by atoms with Gasteiger partial charge in [0.1, 0.15) is 0 Å². The molecular formula is C18H15ClN4S2. The Morgan fingerprint density at radius 3 is 2.52 bits per heavy atom. The van der Waals surface area contributed by atoms with Crippen LogP contribution in [0.5, 0.6) is 0 Å². The first kappa shape index (κ1) is 16.4. The summed E-state index contributed by atoms with van der Waals surface area (Å²) in [4.78, 5) is 12.3. The fourth-order valence-electron chi connectivity index (χ4n) is 3.04. The van der Waals surface area contributed by atoms with Crippen LogP contribution in [0.1, 0.15) is 28.3 Å². The molecule has 4 nitrogen and oxygen atoms in total. The quantitative estimate of drug-likeness (QED) is 0.674. The molecule has 1 fully saturated rings. The van der Waals surface area contributed by atoms with Crippen LogP contribution in [0.3, 0.4) is 0 Å². The second kappa shape index (κ2) is 7.07. The highest BCUT2D eigenvalue weighted by Gasteiger charge is 2.40. The molecule has 3 aromatic rings. The molecule has 1 aliphatic heterocycles. The summed E-state index contributed by atoms with van der Waals surface area (Å²) in [7, 11) is 0. The molecule has 4 rings (SSSR count). The van der Waals surface area contributed by atoms with Gasteiger partial charge in [0.15, 0.2) is 5.11 Å². The number of halogens is 1. The number of rotatable bonds is 4. The zero-order valence-corrected chi connectivity index (χ0v) is 15.6. The first-order valence-corrected chi connectivity index (χ1v) is 9.46. The Kier molecular flexibility index (Phi) is 4.65. The third-order valence-electron chi connectivity index (χ3n) is 4.14. The molecule has 0 aliphatic carbocycles. The van der Waals surface area contributed by atoms with Crippen LogP contribution in [0.15, 0.2) is 60.9 Å². The molecule has 3 aromatic heterocycles. The highest BCUT2D eigenvalue weighted by molar-refractivity contribution is 7.80. The van der Waals surface area contributed by atoms with E-state index in [1.807, 2.05) is 42.5 Å². The first-order chi connectivity index (χ1) is 12.2. The molecule has 0 aromatic carbocycles. The molecule has 0 amide bonds. The standard InChI is InChI=1S/C18H15ClN4S2/c19-15-8-7-14(25-15)17-16(13-6-2-4-10-21-13)22-18(24)23(17)11-12-5-1-3-9-20-12/h1-10,16-17H,11H2,(H,22,24)/t16-,17-/m1/s1. The van der Waals surface area contributed by atoms with Crippen LogP contribution in [0, 0.1) is 0 Å². The minimum absolute atomic E-state index is 0.0212. The number of pyridine rings is 2. The van der Waals surface area contributed by atoms with E-state index in [-0.39, 0.29) is 12.1 Å². The van der Waals surface area contributed by atoms with Crippen molar-refractivity contribution in [1.82, 2.24) is 20.2 Å². The Morgan fingerprint density at radius 1 is 1.08 bits per heavy atom. The van der Waals surface area contributed by atoms with Gasteiger partial charge in [-0.05, 0) is 48.6 Å². The normalized spacial score (nSPS) is 19.9. The Balaban J connectivity index is 1.72. The van der Waals surface area contributed by atoms with E-state index in [1.165, 1.54) is 0 Å². The Labute approximate surface area is 160 Å². The van der Waals surface area contributed by atoms with E-state index in [1.54, 1.807) is 23.7 Å². The van der Waals surface area contributed by atoms with Crippen molar-refractivity contribution < 1.29 is 0 Å². The molecule has 7 heteroatoms. The van der Waals surface area contributed by atoms with Crippen LogP contribution in [0.25, 0.3) is 0 Å². The van der Waals surface area contributed by atoms with Gasteiger partial charge >= 0.3 is 0 Å². The summed E-state index contributed by atoms with van der Waals surface area (Å²) in [6, 6.07) is 15.8. The maximum Gasteiger partial charge on any atom is 0.170 e. The molecule has 1 aliphatic rings. The smallest absolute Gasteiger partial charge is 0.170 e. The fraction of sp³-hybridized carbons (Fsp3) is 0.167.